The number of benzene rings is 1. The van der Waals surface area contributed by atoms with Gasteiger partial charge in [-0.15, -0.1) is 0 Å². The first kappa shape index (κ1) is 17.1. The molecule has 1 aromatic rings. The van der Waals surface area contributed by atoms with Gasteiger partial charge in [0.2, 0.25) is 5.79 Å². The van der Waals surface area contributed by atoms with Crippen molar-refractivity contribution in [1.82, 2.24) is 0 Å². The van der Waals surface area contributed by atoms with Gasteiger partial charge in [0, 0.05) is 26.2 Å². The molecule has 0 spiro atoms. The summed E-state index contributed by atoms with van der Waals surface area (Å²) >= 11 is 0. The fourth-order valence-corrected chi connectivity index (χ4v) is 5.38. The van der Waals surface area contributed by atoms with Crippen LogP contribution in [0.3, 0.4) is 0 Å². The molecule has 0 aromatic heterocycles. The molecule has 0 unspecified atom stereocenters. The molecular weight excluding hydrogens is 336 g/mol. The molecule has 8 heteroatoms. The number of cyclic esters (lactones) is 1. The third kappa shape index (κ3) is 2.29. The summed E-state index contributed by atoms with van der Waals surface area (Å²) in [6.45, 7) is -0.0953. The van der Waals surface area contributed by atoms with Gasteiger partial charge in [-0.2, -0.15) is 0 Å². The number of hydrogen-bond acceptors (Lipinski definition) is 7. The summed E-state index contributed by atoms with van der Waals surface area (Å²) < 4.78 is 42.0. The molecule has 0 bridgehead atoms. The van der Waals surface area contributed by atoms with Gasteiger partial charge in [-0.1, -0.05) is 18.2 Å². The van der Waals surface area contributed by atoms with Gasteiger partial charge in [-0.05, 0) is 12.1 Å². The molecule has 0 amide bonds. The van der Waals surface area contributed by atoms with Crippen LogP contribution in [0.2, 0.25) is 0 Å². The van der Waals surface area contributed by atoms with E-state index < -0.39 is 32.9 Å². The maximum atomic E-state index is 13.1. The Kier molecular flexibility index (Phi) is 4.25. The van der Waals surface area contributed by atoms with E-state index in [1.54, 1.807) is 18.2 Å². The second-order valence-corrected chi connectivity index (χ2v) is 7.78. The van der Waals surface area contributed by atoms with Crippen LogP contribution in [0, 0.1) is 0 Å². The fourth-order valence-electron chi connectivity index (χ4n) is 3.36. The van der Waals surface area contributed by atoms with Gasteiger partial charge in [0.15, 0.2) is 9.84 Å². The van der Waals surface area contributed by atoms with E-state index in [1.807, 2.05) is 0 Å². The highest BCUT2D eigenvalue weighted by Gasteiger charge is 2.60. The van der Waals surface area contributed by atoms with Crippen molar-refractivity contribution in [3.63, 3.8) is 0 Å². The molecular formula is C16H18O7S. The molecule has 2 atom stereocenters. The van der Waals surface area contributed by atoms with Crippen LogP contribution < -0.4 is 0 Å². The van der Waals surface area contributed by atoms with Crippen molar-refractivity contribution in [1.29, 1.82) is 0 Å². The lowest BCUT2D eigenvalue weighted by Gasteiger charge is -2.42. The molecule has 1 aliphatic heterocycles. The fraction of sp³-hybridized carbons (Fsp3) is 0.438. The van der Waals surface area contributed by atoms with Gasteiger partial charge in [0.25, 0.3) is 0 Å². The molecule has 1 heterocycles. The lowest BCUT2D eigenvalue weighted by molar-refractivity contribution is -0.191. The molecule has 0 fully saturated rings. The lowest BCUT2D eigenvalue weighted by Crippen LogP contribution is -2.57. The average Bonchev–Trinajstić information content (AvgIpc) is 2.99. The van der Waals surface area contributed by atoms with Crippen molar-refractivity contribution in [3.8, 4) is 0 Å². The Balaban J connectivity index is 2.20. The van der Waals surface area contributed by atoms with Crippen LogP contribution >= 0.6 is 0 Å². The van der Waals surface area contributed by atoms with Gasteiger partial charge < -0.3 is 19.3 Å². The normalized spacial score (nSPS) is 26.2. The minimum absolute atomic E-state index is 0.0595. The van der Waals surface area contributed by atoms with E-state index >= 15 is 0 Å². The maximum absolute atomic E-state index is 13.1. The largest absolute Gasteiger partial charge is 0.458 e. The smallest absolute Gasteiger partial charge is 0.340 e. The Bertz CT molecular complexity index is 778. The number of sulfone groups is 1. The predicted octanol–water partition coefficient (Wildman–Crippen LogP) is 0.436. The van der Waals surface area contributed by atoms with Crippen molar-refractivity contribution in [2.45, 2.75) is 28.5 Å². The van der Waals surface area contributed by atoms with Crippen LogP contribution in [0.15, 0.2) is 46.4 Å². The number of hydrogen-bond donors (Lipinski definition) is 1. The Labute approximate surface area is 139 Å². The summed E-state index contributed by atoms with van der Waals surface area (Å²) in [5.41, 5.74) is 0.249. The van der Waals surface area contributed by atoms with Crippen LogP contribution in [-0.4, -0.2) is 57.5 Å². The van der Waals surface area contributed by atoms with Gasteiger partial charge >= 0.3 is 5.97 Å². The number of ether oxygens (including phenoxy) is 3. The van der Waals surface area contributed by atoms with Crippen molar-refractivity contribution < 1.29 is 32.5 Å². The van der Waals surface area contributed by atoms with E-state index in [4.69, 9.17) is 14.2 Å². The number of aliphatic hydroxyl groups excluding tert-OH is 1. The summed E-state index contributed by atoms with van der Waals surface area (Å²) in [5.74, 6) is -2.56. The highest BCUT2D eigenvalue weighted by atomic mass is 32.2. The van der Waals surface area contributed by atoms with Crippen LogP contribution in [0.25, 0.3) is 0 Å². The number of methoxy groups -OCH3 is 2. The number of aliphatic hydroxyl groups is 1. The topological polar surface area (TPSA) is 99.1 Å². The summed E-state index contributed by atoms with van der Waals surface area (Å²) in [6, 6.07) is 7.80. The van der Waals surface area contributed by atoms with Crippen LogP contribution in [0.4, 0.5) is 0 Å². The molecule has 0 radical (unpaired) electrons. The second kappa shape index (κ2) is 5.96. The number of esters is 1. The number of carbonyl (C=O) groups is 1. The van der Waals surface area contributed by atoms with Crippen LogP contribution in [-0.2, 0) is 28.8 Å². The SMILES string of the molecule is COC1(OC)C2=C(COC2=O)[C@H](O)C[C@H]1S(=O)(=O)c1ccccc1. The van der Waals surface area contributed by atoms with Crippen molar-refractivity contribution >= 4 is 15.8 Å². The quantitative estimate of drug-likeness (QED) is 0.618. The Morgan fingerprint density at radius 2 is 1.83 bits per heavy atom. The summed E-state index contributed by atoms with van der Waals surface area (Å²) in [5, 5.41) is 9.05. The number of rotatable bonds is 4. The molecule has 0 saturated carbocycles. The standard InChI is InChI=1S/C16H18O7S/c1-21-16(22-2)13(24(19,20)10-6-4-3-5-7-10)8-12(17)11-9-23-15(18)14(11)16/h3-7,12-13,17H,8-9H2,1-2H3/t12-,13-/m1/s1. The van der Waals surface area contributed by atoms with E-state index in [0.717, 1.165) is 0 Å². The van der Waals surface area contributed by atoms with Gasteiger partial charge in [-0.3, -0.25) is 0 Å². The summed E-state index contributed by atoms with van der Waals surface area (Å²) in [4.78, 5) is 12.2. The number of carbonyl (C=O) groups excluding carboxylic acids is 1. The summed E-state index contributed by atoms with van der Waals surface area (Å²) in [7, 11) is -1.40. The molecule has 3 rings (SSSR count). The van der Waals surface area contributed by atoms with E-state index in [-0.39, 0.29) is 23.5 Å². The molecule has 7 nitrogen and oxygen atoms in total. The predicted molar refractivity (Wildman–Crippen MR) is 82.8 cm³/mol. The minimum atomic E-state index is -3.94. The highest BCUT2D eigenvalue weighted by Crippen LogP contribution is 2.45. The van der Waals surface area contributed by atoms with Crippen molar-refractivity contribution in [3.05, 3.63) is 41.5 Å². The molecule has 0 saturated heterocycles. The van der Waals surface area contributed by atoms with E-state index in [2.05, 4.69) is 0 Å². The van der Waals surface area contributed by atoms with E-state index in [1.165, 1.54) is 26.4 Å². The monoisotopic (exact) mass is 354 g/mol. The molecule has 1 N–H and O–H groups in total. The summed E-state index contributed by atoms with van der Waals surface area (Å²) in [6.07, 6.45) is -1.28. The van der Waals surface area contributed by atoms with Gasteiger partial charge in [-0.25, -0.2) is 13.2 Å². The van der Waals surface area contributed by atoms with Crippen molar-refractivity contribution in [2.24, 2.45) is 0 Å². The first-order chi connectivity index (χ1) is 11.4. The van der Waals surface area contributed by atoms with Crippen LogP contribution in [0.5, 0.6) is 0 Å². The average molecular weight is 354 g/mol. The minimum Gasteiger partial charge on any atom is -0.458 e. The first-order valence-corrected chi connectivity index (χ1v) is 8.91. The van der Waals surface area contributed by atoms with Crippen molar-refractivity contribution in [2.75, 3.05) is 20.8 Å². The van der Waals surface area contributed by atoms with Gasteiger partial charge in [0.05, 0.1) is 11.0 Å². The third-order valence-electron chi connectivity index (χ3n) is 4.55. The molecule has 130 valence electrons. The highest BCUT2D eigenvalue weighted by molar-refractivity contribution is 7.92. The zero-order valence-corrected chi connectivity index (χ0v) is 14.1. The van der Waals surface area contributed by atoms with Gasteiger partial charge in [0.1, 0.15) is 17.4 Å². The second-order valence-electron chi connectivity index (χ2n) is 5.65. The van der Waals surface area contributed by atoms with E-state index in [0.29, 0.717) is 5.57 Å². The molecule has 1 aliphatic carbocycles. The Hall–Kier alpha value is -1.74. The first-order valence-electron chi connectivity index (χ1n) is 7.36. The third-order valence-corrected chi connectivity index (χ3v) is 6.73. The lowest BCUT2D eigenvalue weighted by atomic mass is 9.85. The Morgan fingerprint density at radius 3 is 2.42 bits per heavy atom. The molecule has 24 heavy (non-hydrogen) atoms. The molecule has 2 aliphatic rings. The zero-order chi connectivity index (χ0) is 17.5. The van der Waals surface area contributed by atoms with Crippen LogP contribution in [0.1, 0.15) is 6.42 Å². The maximum Gasteiger partial charge on any atom is 0.340 e. The zero-order valence-electron chi connectivity index (χ0n) is 13.3. The van der Waals surface area contributed by atoms with E-state index in [9.17, 15) is 18.3 Å². The Morgan fingerprint density at radius 1 is 1.21 bits per heavy atom. The molecule has 1 aromatic carbocycles.